The summed E-state index contributed by atoms with van der Waals surface area (Å²) < 4.78 is 18.1. The van der Waals surface area contributed by atoms with Gasteiger partial charge in [0.05, 0.1) is 6.61 Å². The number of halogens is 1. The molecule has 1 atom stereocenters. The Morgan fingerprint density at radius 1 is 1.19 bits per heavy atom. The molecule has 1 N–H and O–H groups in total. The zero-order valence-electron chi connectivity index (χ0n) is 13.9. The molecule has 1 aromatic rings. The second-order valence-electron chi connectivity index (χ2n) is 6.99. The minimum Gasteiger partial charge on any atom is -0.383 e. The summed E-state index contributed by atoms with van der Waals surface area (Å²) in [6.45, 7) is 9.44. The molecular formula is C18H30FNO. The third-order valence-corrected chi connectivity index (χ3v) is 3.66. The standard InChI is InChI=1S/C18H30FNO/c1-18(2,3)10-9-16(14-20-11-12-21-4)13-15-5-7-17(19)8-6-15/h5-8,16,20H,9-14H2,1-4H3. The van der Waals surface area contributed by atoms with Gasteiger partial charge in [-0.1, -0.05) is 32.9 Å². The van der Waals surface area contributed by atoms with Crippen LogP contribution in [-0.2, 0) is 11.2 Å². The van der Waals surface area contributed by atoms with E-state index in [0.717, 1.165) is 26.1 Å². The van der Waals surface area contributed by atoms with E-state index in [4.69, 9.17) is 4.74 Å². The molecule has 0 radical (unpaired) electrons. The Balaban J connectivity index is 2.51. The summed E-state index contributed by atoms with van der Waals surface area (Å²) in [5, 5.41) is 3.46. The van der Waals surface area contributed by atoms with E-state index < -0.39 is 0 Å². The molecule has 1 rings (SSSR count). The fourth-order valence-electron chi connectivity index (χ4n) is 2.35. The molecule has 0 fully saturated rings. The molecule has 0 aliphatic heterocycles. The molecule has 1 unspecified atom stereocenters. The van der Waals surface area contributed by atoms with Gasteiger partial charge in [-0.3, -0.25) is 0 Å². The summed E-state index contributed by atoms with van der Waals surface area (Å²) in [5.74, 6) is 0.412. The Bertz CT molecular complexity index is 383. The monoisotopic (exact) mass is 295 g/mol. The van der Waals surface area contributed by atoms with Gasteiger partial charge in [-0.05, 0) is 54.8 Å². The lowest BCUT2D eigenvalue weighted by Crippen LogP contribution is -2.28. The van der Waals surface area contributed by atoms with E-state index in [1.54, 1.807) is 19.2 Å². The van der Waals surface area contributed by atoms with Gasteiger partial charge >= 0.3 is 0 Å². The van der Waals surface area contributed by atoms with Crippen molar-refractivity contribution in [3.05, 3.63) is 35.6 Å². The van der Waals surface area contributed by atoms with Gasteiger partial charge in [-0.25, -0.2) is 4.39 Å². The molecule has 1 aromatic carbocycles. The van der Waals surface area contributed by atoms with Crippen LogP contribution in [0.4, 0.5) is 4.39 Å². The second kappa shape index (κ2) is 9.16. The topological polar surface area (TPSA) is 21.3 Å². The van der Waals surface area contributed by atoms with Crippen molar-refractivity contribution in [1.29, 1.82) is 0 Å². The van der Waals surface area contributed by atoms with Crippen molar-refractivity contribution in [1.82, 2.24) is 5.32 Å². The molecule has 0 amide bonds. The van der Waals surface area contributed by atoms with Crippen molar-refractivity contribution in [2.24, 2.45) is 11.3 Å². The molecule has 0 saturated carbocycles. The highest BCUT2D eigenvalue weighted by atomic mass is 19.1. The van der Waals surface area contributed by atoms with Gasteiger partial charge < -0.3 is 10.1 Å². The van der Waals surface area contributed by atoms with Gasteiger partial charge in [0.15, 0.2) is 0 Å². The molecule has 0 aromatic heterocycles. The molecule has 21 heavy (non-hydrogen) atoms. The normalized spacial score (nSPS) is 13.4. The van der Waals surface area contributed by atoms with Crippen molar-refractivity contribution < 1.29 is 9.13 Å². The SMILES string of the molecule is COCCNCC(CCC(C)(C)C)Cc1ccc(F)cc1. The van der Waals surface area contributed by atoms with Crippen LogP contribution < -0.4 is 5.32 Å². The van der Waals surface area contributed by atoms with E-state index in [-0.39, 0.29) is 5.82 Å². The van der Waals surface area contributed by atoms with E-state index in [0.29, 0.717) is 11.3 Å². The number of methoxy groups -OCH3 is 1. The van der Waals surface area contributed by atoms with E-state index >= 15 is 0 Å². The van der Waals surface area contributed by atoms with Crippen molar-refractivity contribution in [3.8, 4) is 0 Å². The first-order chi connectivity index (χ1) is 9.90. The lowest BCUT2D eigenvalue weighted by molar-refractivity contribution is 0.196. The lowest BCUT2D eigenvalue weighted by atomic mass is 9.84. The first-order valence-electron chi connectivity index (χ1n) is 7.85. The van der Waals surface area contributed by atoms with Gasteiger partial charge in [0.1, 0.15) is 5.82 Å². The average molecular weight is 295 g/mol. The molecule has 0 saturated heterocycles. The molecule has 120 valence electrons. The second-order valence-corrected chi connectivity index (χ2v) is 6.99. The summed E-state index contributed by atoms with van der Waals surface area (Å²) in [4.78, 5) is 0. The summed E-state index contributed by atoms with van der Waals surface area (Å²) in [6, 6.07) is 6.89. The summed E-state index contributed by atoms with van der Waals surface area (Å²) >= 11 is 0. The molecule has 0 bridgehead atoms. The van der Waals surface area contributed by atoms with Crippen LogP contribution in [0.15, 0.2) is 24.3 Å². The number of hydrogen-bond acceptors (Lipinski definition) is 2. The fourth-order valence-corrected chi connectivity index (χ4v) is 2.35. The number of rotatable bonds is 9. The quantitative estimate of drug-likeness (QED) is 0.694. The van der Waals surface area contributed by atoms with Crippen LogP contribution in [-0.4, -0.2) is 26.8 Å². The Morgan fingerprint density at radius 2 is 1.86 bits per heavy atom. The first-order valence-corrected chi connectivity index (χ1v) is 7.85. The summed E-state index contributed by atoms with van der Waals surface area (Å²) in [6.07, 6.45) is 3.38. The van der Waals surface area contributed by atoms with Crippen LogP contribution in [0, 0.1) is 17.2 Å². The highest BCUT2D eigenvalue weighted by Crippen LogP contribution is 2.25. The number of benzene rings is 1. The lowest BCUT2D eigenvalue weighted by Gasteiger charge is -2.23. The minimum atomic E-state index is -0.164. The predicted octanol–water partition coefficient (Wildman–Crippen LogP) is 4.05. The van der Waals surface area contributed by atoms with E-state index in [9.17, 15) is 4.39 Å². The van der Waals surface area contributed by atoms with Gasteiger partial charge in [-0.15, -0.1) is 0 Å². The van der Waals surface area contributed by atoms with Crippen molar-refractivity contribution in [2.75, 3.05) is 26.8 Å². The first kappa shape index (κ1) is 18.1. The van der Waals surface area contributed by atoms with E-state index in [1.165, 1.54) is 18.4 Å². The van der Waals surface area contributed by atoms with Crippen LogP contribution in [0.2, 0.25) is 0 Å². The smallest absolute Gasteiger partial charge is 0.123 e. The molecule has 2 nitrogen and oxygen atoms in total. The Hall–Kier alpha value is -0.930. The number of nitrogens with one attached hydrogen (secondary N) is 1. The van der Waals surface area contributed by atoms with E-state index in [2.05, 4.69) is 26.1 Å². The molecule has 0 heterocycles. The summed E-state index contributed by atoms with van der Waals surface area (Å²) in [5.41, 5.74) is 1.57. The Labute approximate surface area is 129 Å². The van der Waals surface area contributed by atoms with Crippen LogP contribution in [0.25, 0.3) is 0 Å². The maximum absolute atomic E-state index is 13.0. The third-order valence-electron chi connectivity index (χ3n) is 3.66. The molecule has 0 aliphatic rings. The van der Waals surface area contributed by atoms with Crippen LogP contribution in [0.5, 0.6) is 0 Å². The summed E-state index contributed by atoms with van der Waals surface area (Å²) in [7, 11) is 1.72. The molecule has 0 aliphatic carbocycles. The van der Waals surface area contributed by atoms with Gasteiger partial charge in [-0.2, -0.15) is 0 Å². The maximum atomic E-state index is 13.0. The van der Waals surface area contributed by atoms with Gasteiger partial charge in [0.2, 0.25) is 0 Å². The highest BCUT2D eigenvalue weighted by molar-refractivity contribution is 5.16. The molecule has 3 heteroatoms. The predicted molar refractivity (Wildman–Crippen MR) is 87.0 cm³/mol. The fraction of sp³-hybridized carbons (Fsp3) is 0.667. The number of hydrogen-bond donors (Lipinski definition) is 1. The highest BCUT2D eigenvalue weighted by Gasteiger charge is 2.16. The van der Waals surface area contributed by atoms with Gasteiger partial charge in [0.25, 0.3) is 0 Å². The van der Waals surface area contributed by atoms with Crippen molar-refractivity contribution in [3.63, 3.8) is 0 Å². The minimum absolute atomic E-state index is 0.164. The van der Waals surface area contributed by atoms with Crippen molar-refractivity contribution >= 4 is 0 Å². The largest absolute Gasteiger partial charge is 0.383 e. The maximum Gasteiger partial charge on any atom is 0.123 e. The molecule has 0 spiro atoms. The number of ether oxygens (including phenoxy) is 1. The van der Waals surface area contributed by atoms with E-state index in [1.807, 2.05) is 12.1 Å². The van der Waals surface area contributed by atoms with Gasteiger partial charge in [0, 0.05) is 13.7 Å². The molecular weight excluding hydrogens is 265 g/mol. The average Bonchev–Trinajstić information content (AvgIpc) is 2.42. The van der Waals surface area contributed by atoms with Crippen LogP contribution >= 0.6 is 0 Å². The van der Waals surface area contributed by atoms with Crippen molar-refractivity contribution in [2.45, 2.75) is 40.0 Å². The Kier molecular flexibility index (Phi) is 7.91. The Morgan fingerprint density at radius 3 is 2.43 bits per heavy atom. The van der Waals surface area contributed by atoms with Crippen LogP contribution in [0.3, 0.4) is 0 Å². The zero-order chi connectivity index (χ0) is 15.7. The zero-order valence-corrected chi connectivity index (χ0v) is 13.9. The van der Waals surface area contributed by atoms with Crippen LogP contribution in [0.1, 0.15) is 39.2 Å². The third kappa shape index (κ3) is 8.84.